The minimum absolute atomic E-state index is 0.225. The Hall–Kier alpha value is -1.05. The Morgan fingerprint density at radius 2 is 2.36 bits per heavy atom. The van der Waals surface area contributed by atoms with E-state index < -0.39 is 0 Å². The largest absolute Gasteiger partial charge is 0.463 e. The van der Waals surface area contributed by atoms with Gasteiger partial charge in [-0.3, -0.25) is 0 Å². The highest BCUT2D eigenvalue weighted by Gasteiger charge is 2.06. The van der Waals surface area contributed by atoms with Crippen molar-refractivity contribution in [3.05, 3.63) is 23.3 Å². The van der Waals surface area contributed by atoms with Gasteiger partial charge in [0.1, 0.15) is 0 Å². The summed E-state index contributed by atoms with van der Waals surface area (Å²) >= 11 is 0. The maximum atomic E-state index is 11.2. The molecule has 0 saturated heterocycles. The Morgan fingerprint density at radius 1 is 1.57 bits per heavy atom. The van der Waals surface area contributed by atoms with Gasteiger partial charge < -0.3 is 4.74 Å². The van der Waals surface area contributed by atoms with Crippen LogP contribution in [0.3, 0.4) is 0 Å². The van der Waals surface area contributed by atoms with Crippen LogP contribution in [0.4, 0.5) is 0 Å². The maximum Gasteiger partial charge on any atom is 0.331 e. The van der Waals surface area contributed by atoms with Crippen LogP contribution in [0.15, 0.2) is 23.3 Å². The van der Waals surface area contributed by atoms with Crippen molar-refractivity contribution in [1.82, 2.24) is 0 Å². The molecule has 0 unspecified atom stereocenters. The highest BCUT2D eigenvalue weighted by Crippen LogP contribution is 2.23. The van der Waals surface area contributed by atoms with Crippen LogP contribution in [0.25, 0.3) is 0 Å². The Kier molecular flexibility index (Phi) is 4.44. The smallest absolute Gasteiger partial charge is 0.331 e. The summed E-state index contributed by atoms with van der Waals surface area (Å²) in [4.78, 5) is 11.2. The molecule has 0 amide bonds. The number of esters is 1. The lowest BCUT2D eigenvalue weighted by Crippen LogP contribution is -2.02. The molecule has 14 heavy (non-hydrogen) atoms. The summed E-state index contributed by atoms with van der Waals surface area (Å²) in [6, 6.07) is 0. The lowest BCUT2D eigenvalue weighted by molar-refractivity contribution is -0.137. The van der Waals surface area contributed by atoms with E-state index in [0.717, 1.165) is 18.4 Å². The molecule has 0 fully saturated rings. The number of carbonyl (C=O) groups excluding carboxylic acids is 1. The molecular formula is C12H18O2. The maximum absolute atomic E-state index is 11.2. The number of ether oxygens (including phenoxy) is 1. The van der Waals surface area contributed by atoms with Gasteiger partial charge in [-0.05, 0) is 50.7 Å². The highest BCUT2D eigenvalue weighted by molar-refractivity contribution is 5.83. The molecule has 0 aliphatic heterocycles. The van der Waals surface area contributed by atoms with Crippen molar-refractivity contribution in [1.29, 1.82) is 0 Å². The average Bonchev–Trinajstić information content (AvgIpc) is 2.19. The first kappa shape index (κ1) is 11.0. The number of carbonyl (C=O) groups is 1. The molecule has 0 heterocycles. The fraction of sp³-hybridized carbons (Fsp3) is 0.583. The summed E-state index contributed by atoms with van der Waals surface area (Å²) in [6.07, 6.45) is 8.58. The van der Waals surface area contributed by atoms with Crippen molar-refractivity contribution in [3.63, 3.8) is 0 Å². The Bertz CT molecular complexity index is 261. The summed E-state index contributed by atoms with van der Waals surface area (Å²) in [7, 11) is 0. The van der Waals surface area contributed by atoms with Gasteiger partial charge in [-0.2, -0.15) is 0 Å². The monoisotopic (exact) mass is 194 g/mol. The second-order valence-electron chi connectivity index (χ2n) is 3.55. The van der Waals surface area contributed by atoms with Crippen LogP contribution >= 0.6 is 0 Å². The third-order valence-electron chi connectivity index (χ3n) is 2.42. The van der Waals surface area contributed by atoms with E-state index in [-0.39, 0.29) is 5.97 Å². The van der Waals surface area contributed by atoms with Gasteiger partial charge in [0.2, 0.25) is 0 Å². The Balaban J connectivity index is 2.58. The number of hydrogen-bond acceptors (Lipinski definition) is 2. The first-order valence-corrected chi connectivity index (χ1v) is 5.28. The number of allylic oxidation sites excluding steroid dienone is 3. The molecule has 2 heteroatoms. The van der Waals surface area contributed by atoms with Crippen molar-refractivity contribution < 1.29 is 9.53 Å². The van der Waals surface area contributed by atoms with Gasteiger partial charge in [0.15, 0.2) is 0 Å². The van der Waals surface area contributed by atoms with Crippen molar-refractivity contribution in [2.75, 3.05) is 6.61 Å². The Labute approximate surface area is 85.6 Å². The molecule has 0 spiro atoms. The highest BCUT2D eigenvalue weighted by atomic mass is 16.5. The summed E-state index contributed by atoms with van der Waals surface area (Å²) in [5.41, 5.74) is 2.37. The summed E-state index contributed by atoms with van der Waals surface area (Å²) in [5.74, 6) is -0.225. The second kappa shape index (κ2) is 5.63. The zero-order valence-electron chi connectivity index (χ0n) is 9.01. The van der Waals surface area contributed by atoms with E-state index in [0.29, 0.717) is 6.61 Å². The fourth-order valence-electron chi connectivity index (χ4n) is 1.65. The molecule has 1 aliphatic carbocycles. The van der Waals surface area contributed by atoms with Crippen molar-refractivity contribution in [3.8, 4) is 0 Å². The molecule has 0 radical (unpaired) electrons. The molecule has 1 aliphatic rings. The summed E-state index contributed by atoms with van der Waals surface area (Å²) in [6.45, 7) is 4.25. The lowest BCUT2D eigenvalue weighted by Gasteiger charge is -2.12. The van der Waals surface area contributed by atoms with Crippen LogP contribution in [0.2, 0.25) is 0 Å². The molecule has 0 aromatic heterocycles. The first-order valence-electron chi connectivity index (χ1n) is 5.28. The van der Waals surface area contributed by atoms with Gasteiger partial charge in [0.05, 0.1) is 6.61 Å². The van der Waals surface area contributed by atoms with Crippen LogP contribution in [0.5, 0.6) is 0 Å². The third kappa shape index (κ3) is 3.36. The molecule has 0 saturated carbocycles. The fourth-order valence-corrected chi connectivity index (χ4v) is 1.65. The molecule has 0 aromatic rings. The molecule has 0 N–H and O–H groups in total. The molecule has 2 nitrogen and oxygen atoms in total. The molecule has 0 aromatic carbocycles. The van der Waals surface area contributed by atoms with Crippen molar-refractivity contribution in [2.24, 2.45) is 0 Å². The minimum atomic E-state index is -0.225. The van der Waals surface area contributed by atoms with Gasteiger partial charge in [-0.15, -0.1) is 0 Å². The van der Waals surface area contributed by atoms with Crippen molar-refractivity contribution in [2.45, 2.75) is 39.5 Å². The van der Waals surface area contributed by atoms with Gasteiger partial charge in [-0.25, -0.2) is 4.79 Å². The van der Waals surface area contributed by atoms with Crippen LogP contribution in [-0.4, -0.2) is 12.6 Å². The van der Waals surface area contributed by atoms with Gasteiger partial charge in [0, 0.05) is 6.08 Å². The molecule has 1 rings (SSSR count). The van der Waals surface area contributed by atoms with Gasteiger partial charge in [0.25, 0.3) is 0 Å². The van der Waals surface area contributed by atoms with E-state index in [4.69, 9.17) is 4.74 Å². The predicted molar refractivity (Wildman–Crippen MR) is 56.9 cm³/mol. The first-order chi connectivity index (χ1) is 6.74. The predicted octanol–water partition coefficient (Wildman–Crippen LogP) is 3.00. The van der Waals surface area contributed by atoms with Crippen LogP contribution in [0, 0.1) is 0 Å². The van der Waals surface area contributed by atoms with E-state index in [1.807, 2.05) is 13.8 Å². The molecular weight excluding hydrogens is 176 g/mol. The standard InChI is InChI=1S/C12H18O2/c1-3-14-12(13)9-10(2)11-7-5-4-6-8-11/h7,9H,3-6,8H2,1-2H3/b10-9+. The van der Waals surface area contributed by atoms with E-state index in [2.05, 4.69) is 6.08 Å². The zero-order valence-corrected chi connectivity index (χ0v) is 9.01. The normalized spacial score (nSPS) is 17.6. The van der Waals surface area contributed by atoms with Crippen LogP contribution < -0.4 is 0 Å². The van der Waals surface area contributed by atoms with E-state index in [1.54, 1.807) is 6.08 Å². The van der Waals surface area contributed by atoms with Crippen LogP contribution in [-0.2, 0) is 9.53 Å². The Morgan fingerprint density at radius 3 is 2.93 bits per heavy atom. The van der Waals surface area contributed by atoms with Crippen LogP contribution in [0.1, 0.15) is 39.5 Å². The quantitative estimate of drug-likeness (QED) is 0.510. The van der Waals surface area contributed by atoms with E-state index in [9.17, 15) is 4.79 Å². The second-order valence-corrected chi connectivity index (χ2v) is 3.55. The number of hydrogen-bond donors (Lipinski definition) is 0. The van der Waals surface area contributed by atoms with E-state index >= 15 is 0 Å². The van der Waals surface area contributed by atoms with Crippen molar-refractivity contribution >= 4 is 5.97 Å². The van der Waals surface area contributed by atoms with Gasteiger partial charge in [-0.1, -0.05) is 6.08 Å². The third-order valence-corrected chi connectivity index (χ3v) is 2.42. The average molecular weight is 194 g/mol. The molecule has 0 bridgehead atoms. The molecule has 78 valence electrons. The molecule has 0 atom stereocenters. The van der Waals surface area contributed by atoms with Gasteiger partial charge >= 0.3 is 5.97 Å². The minimum Gasteiger partial charge on any atom is -0.463 e. The number of rotatable bonds is 3. The topological polar surface area (TPSA) is 26.3 Å². The zero-order chi connectivity index (χ0) is 10.4. The lowest BCUT2D eigenvalue weighted by atomic mass is 9.94. The summed E-state index contributed by atoms with van der Waals surface area (Å²) < 4.78 is 4.86. The van der Waals surface area contributed by atoms with E-state index in [1.165, 1.54) is 18.4 Å². The SMILES string of the molecule is CCOC(=O)/C=C(\C)C1=CCCCC1. The summed E-state index contributed by atoms with van der Waals surface area (Å²) in [5, 5.41) is 0.